The molecule has 0 aliphatic rings. The second-order valence-electron chi connectivity index (χ2n) is 3.84. The van der Waals surface area contributed by atoms with Gasteiger partial charge in [0.05, 0.1) is 0 Å². The Balaban J connectivity index is 2.41. The molecule has 1 atom stereocenters. The van der Waals surface area contributed by atoms with E-state index >= 15 is 0 Å². The van der Waals surface area contributed by atoms with E-state index in [1.165, 1.54) is 0 Å². The topological polar surface area (TPSA) is 56.5 Å². The minimum absolute atomic E-state index is 0.532. The number of hydrogen-bond donors (Lipinski definition) is 1. The summed E-state index contributed by atoms with van der Waals surface area (Å²) in [6.45, 7) is 4.84. The summed E-state index contributed by atoms with van der Waals surface area (Å²) >= 11 is 0. The van der Waals surface area contributed by atoms with Crippen LogP contribution >= 0.6 is 0 Å². The van der Waals surface area contributed by atoms with Gasteiger partial charge in [-0.1, -0.05) is 0 Å². The van der Waals surface area contributed by atoms with Crippen LogP contribution in [0.1, 0.15) is 26.1 Å². The quantitative estimate of drug-likeness (QED) is 0.694. The fourth-order valence-electron chi connectivity index (χ4n) is 1.65. The molecule has 0 spiro atoms. The molecule has 1 aromatic rings. The van der Waals surface area contributed by atoms with Crippen molar-refractivity contribution < 1.29 is 14.6 Å². The van der Waals surface area contributed by atoms with E-state index in [2.05, 4.69) is 4.98 Å². The number of hydrogen-bond acceptors (Lipinski definition) is 4. The lowest BCUT2D eigenvalue weighted by Crippen LogP contribution is -2.32. The van der Waals surface area contributed by atoms with Gasteiger partial charge < -0.3 is 19.1 Å². The van der Waals surface area contributed by atoms with E-state index in [-0.39, 0.29) is 0 Å². The van der Waals surface area contributed by atoms with Crippen LogP contribution in [0.2, 0.25) is 0 Å². The fraction of sp³-hybridized carbons (Fsp3) is 0.750. The monoisotopic (exact) mass is 242 g/mol. The molecular formula is C12H22N2O3. The average Bonchev–Trinajstić information content (AvgIpc) is 2.71. The number of aliphatic hydroxyl groups excluding tert-OH is 1. The number of rotatable bonds is 8. The zero-order chi connectivity index (χ0) is 12.7. The standard InChI is InChI=1S/C12H22N2O3/c1-4-16-12(17-5-2)10(15)6-7-11-13-8-9-14(11)3/h8-10,12,15H,4-7H2,1-3H3. The first-order chi connectivity index (χ1) is 8.19. The van der Waals surface area contributed by atoms with Crippen molar-refractivity contribution in [3.05, 3.63) is 18.2 Å². The molecular weight excluding hydrogens is 220 g/mol. The van der Waals surface area contributed by atoms with Crippen LogP contribution in [-0.2, 0) is 22.9 Å². The molecule has 17 heavy (non-hydrogen) atoms. The van der Waals surface area contributed by atoms with Gasteiger partial charge in [0.15, 0.2) is 6.29 Å². The van der Waals surface area contributed by atoms with Crippen molar-refractivity contribution in [3.8, 4) is 0 Å². The maximum Gasteiger partial charge on any atom is 0.183 e. The molecule has 0 saturated carbocycles. The lowest BCUT2D eigenvalue weighted by molar-refractivity contribution is -0.190. The smallest absolute Gasteiger partial charge is 0.183 e. The molecule has 0 aromatic carbocycles. The van der Waals surface area contributed by atoms with Crippen molar-refractivity contribution in [2.24, 2.45) is 7.05 Å². The van der Waals surface area contributed by atoms with Crippen LogP contribution in [0.4, 0.5) is 0 Å². The highest BCUT2D eigenvalue weighted by atomic mass is 16.7. The Bertz CT molecular complexity index is 308. The predicted molar refractivity (Wildman–Crippen MR) is 64.6 cm³/mol. The molecule has 0 saturated heterocycles. The van der Waals surface area contributed by atoms with E-state index in [0.29, 0.717) is 26.1 Å². The van der Waals surface area contributed by atoms with Gasteiger partial charge in [0.25, 0.3) is 0 Å². The molecule has 5 nitrogen and oxygen atoms in total. The lowest BCUT2D eigenvalue weighted by atomic mass is 10.2. The Morgan fingerprint density at radius 1 is 1.35 bits per heavy atom. The zero-order valence-corrected chi connectivity index (χ0v) is 10.8. The largest absolute Gasteiger partial charge is 0.388 e. The molecule has 0 aliphatic carbocycles. The van der Waals surface area contributed by atoms with Gasteiger partial charge in [-0.2, -0.15) is 0 Å². The Labute approximate surface area is 102 Å². The van der Waals surface area contributed by atoms with Gasteiger partial charge in [0.2, 0.25) is 0 Å². The number of aryl methyl sites for hydroxylation is 2. The Hall–Kier alpha value is -0.910. The summed E-state index contributed by atoms with van der Waals surface area (Å²) in [5, 5.41) is 9.97. The normalized spacial score (nSPS) is 13.2. The molecule has 1 unspecified atom stereocenters. The Kier molecular flexibility index (Phi) is 6.18. The van der Waals surface area contributed by atoms with Crippen LogP contribution in [0.15, 0.2) is 12.4 Å². The highest BCUT2D eigenvalue weighted by molar-refractivity contribution is 4.91. The van der Waals surface area contributed by atoms with Crippen molar-refractivity contribution in [1.82, 2.24) is 9.55 Å². The summed E-state index contributed by atoms with van der Waals surface area (Å²) in [5.41, 5.74) is 0. The number of ether oxygens (including phenoxy) is 2. The molecule has 0 fully saturated rings. The number of aromatic nitrogens is 2. The van der Waals surface area contributed by atoms with Crippen molar-refractivity contribution in [2.75, 3.05) is 13.2 Å². The maximum absolute atomic E-state index is 9.97. The molecule has 0 amide bonds. The summed E-state index contributed by atoms with van der Waals surface area (Å²) in [7, 11) is 1.94. The highest BCUT2D eigenvalue weighted by Crippen LogP contribution is 2.09. The second-order valence-corrected chi connectivity index (χ2v) is 3.84. The van der Waals surface area contributed by atoms with Crippen LogP contribution in [0.3, 0.4) is 0 Å². The van der Waals surface area contributed by atoms with Gasteiger partial charge in [0.1, 0.15) is 11.9 Å². The molecule has 1 rings (SSSR count). The molecule has 98 valence electrons. The van der Waals surface area contributed by atoms with Gasteiger partial charge in [0, 0.05) is 39.1 Å². The average molecular weight is 242 g/mol. The molecule has 1 heterocycles. The van der Waals surface area contributed by atoms with Gasteiger partial charge in [-0.3, -0.25) is 0 Å². The summed E-state index contributed by atoms with van der Waals surface area (Å²) in [6, 6.07) is 0. The van der Waals surface area contributed by atoms with Crippen molar-refractivity contribution in [3.63, 3.8) is 0 Å². The minimum Gasteiger partial charge on any atom is -0.388 e. The number of nitrogens with zero attached hydrogens (tertiary/aromatic N) is 2. The molecule has 0 aliphatic heterocycles. The third kappa shape index (κ3) is 4.46. The van der Waals surface area contributed by atoms with Crippen molar-refractivity contribution in [2.45, 2.75) is 39.1 Å². The summed E-state index contributed by atoms with van der Waals surface area (Å²) < 4.78 is 12.6. The third-order valence-corrected chi connectivity index (χ3v) is 2.56. The number of imidazole rings is 1. The summed E-state index contributed by atoms with van der Waals surface area (Å²) in [6.07, 6.45) is 3.78. The first kappa shape index (κ1) is 14.2. The first-order valence-corrected chi connectivity index (χ1v) is 6.06. The molecule has 0 bridgehead atoms. The molecule has 5 heteroatoms. The Morgan fingerprint density at radius 2 is 2.00 bits per heavy atom. The van der Waals surface area contributed by atoms with Crippen LogP contribution < -0.4 is 0 Å². The van der Waals surface area contributed by atoms with Gasteiger partial charge in [-0.15, -0.1) is 0 Å². The summed E-state index contributed by atoms with van der Waals surface area (Å²) in [5.74, 6) is 0.954. The van der Waals surface area contributed by atoms with Crippen LogP contribution in [0.5, 0.6) is 0 Å². The third-order valence-electron chi connectivity index (χ3n) is 2.56. The van der Waals surface area contributed by atoms with Crippen LogP contribution in [0.25, 0.3) is 0 Å². The minimum atomic E-state index is -0.619. The fourth-order valence-corrected chi connectivity index (χ4v) is 1.65. The van der Waals surface area contributed by atoms with Crippen LogP contribution in [0, 0.1) is 0 Å². The molecule has 0 radical (unpaired) electrons. The van der Waals surface area contributed by atoms with E-state index < -0.39 is 12.4 Å². The second kappa shape index (κ2) is 7.42. The van der Waals surface area contributed by atoms with Gasteiger partial charge in [-0.25, -0.2) is 4.98 Å². The maximum atomic E-state index is 9.97. The highest BCUT2D eigenvalue weighted by Gasteiger charge is 2.19. The van der Waals surface area contributed by atoms with Crippen LogP contribution in [-0.4, -0.2) is 40.3 Å². The predicted octanol–water partition coefficient (Wildman–Crippen LogP) is 1.11. The van der Waals surface area contributed by atoms with Crippen molar-refractivity contribution in [1.29, 1.82) is 0 Å². The van der Waals surface area contributed by atoms with Crippen molar-refractivity contribution >= 4 is 0 Å². The van der Waals surface area contributed by atoms with E-state index in [4.69, 9.17) is 9.47 Å². The Morgan fingerprint density at radius 3 is 2.47 bits per heavy atom. The zero-order valence-electron chi connectivity index (χ0n) is 10.8. The summed E-state index contributed by atoms with van der Waals surface area (Å²) in [4.78, 5) is 4.21. The van der Waals surface area contributed by atoms with E-state index in [9.17, 15) is 5.11 Å². The molecule has 1 N–H and O–H groups in total. The molecule has 1 aromatic heterocycles. The first-order valence-electron chi connectivity index (χ1n) is 6.06. The van der Waals surface area contributed by atoms with E-state index in [0.717, 1.165) is 5.82 Å². The number of aliphatic hydroxyl groups is 1. The lowest BCUT2D eigenvalue weighted by Gasteiger charge is -2.22. The van der Waals surface area contributed by atoms with E-state index in [1.54, 1.807) is 6.20 Å². The SMILES string of the molecule is CCOC(OCC)C(O)CCc1nccn1C. The van der Waals surface area contributed by atoms with Gasteiger partial charge in [-0.05, 0) is 20.3 Å². The van der Waals surface area contributed by atoms with E-state index in [1.807, 2.05) is 31.7 Å². The van der Waals surface area contributed by atoms with Gasteiger partial charge >= 0.3 is 0 Å².